The summed E-state index contributed by atoms with van der Waals surface area (Å²) in [7, 11) is 1.69. The van der Waals surface area contributed by atoms with Gasteiger partial charge in [0.25, 0.3) is 0 Å². The summed E-state index contributed by atoms with van der Waals surface area (Å²) in [5.74, 6) is 1.59. The summed E-state index contributed by atoms with van der Waals surface area (Å²) in [6, 6.07) is 6.26. The van der Waals surface area contributed by atoms with Crippen molar-refractivity contribution in [1.29, 1.82) is 0 Å². The highest BCUT2D eigenvalue weighted by Crippen LogP contribution is 2.31. The Bertz CT molecular complexity index is 564. The summed E-state index contributed by atoms with van der Waals surface area (Å²) in [6.45, 7) is 3.76. The zero-order valence-electron chi connectivity index (χ0n) is 14.1. The van der Waals surface area contributed by atoms with Gasteiger partial charge in [0.05, 0.1) is 13.2 Å². The number of aliphatic hydroxyl groups is 1. The summed E-state index contributed by atoms with van der Waals surface area (Å²) >= 11 is 0. The summed E-state index contributed by atoms with van der Waals surface area (Å²) in [4.78, 5) is 14.9. The lowest BCUT2D eigenvalue weighted by Gasteiger charge is -2.31. The Labute approximate surface area is 138 Å². The van der Waals surface area contributed by atoms with Gasteiger partial charge >= 0.3 is 0 Å². The molecule has 4 heteroatoms. The van der Waals surface area contributed by atoms with Crippen LogP contribution in [-0.4, -0.2) is 42.2 Å². The Kier molecular flexibility index (Phi) is 4.90. The molecule has 1 saturated carbocycles. The van der Waals surface area contributed by atoms with Crippen LogP contribution in [0.25, 0.3) is 0 Å². The molecule has 23 heavy (non-hydrogen) atoms. The van der Waals surface area contributed by atoms with Gasteiger partial charge in [0.1, 0.15) is 5.75 Å². The van der Waals surface area contributed by atoms with E-state index in [0.29, 0.717) is 5.92 Å². The molecule has 1 aliphatic heterocycles. The average molecular weight is 317 g/mol. The first-order valence-corrected chi connectivity index (χ1v) is 8.72. The van der Waals surface area contributed by atoms with E-state index in [0.717, 1.165) is 50.9 Å². The van der Waals surface area contributed by atoms with Crippen LogP contribution in [0.2, 0.25) is 0 Å². The minimum atomic E-state index is -0.209. The minimum absolute atomic E-state index is 0.0985. The van der Waals surface area contributed by atoms with Crippen molar-refractivity contribution < 1.29 is 14.6 Å². The van der Waals surface area contributed by atoms with Crippen molar-refractivity contribution in [2.75, 3.05) is 20.2 Å². The molecule has 0 aromatic heterocycles. The van der Waals surface area contributed by atoms with Crippen LogP contribution in [0, 0.1) is 5.92 Å². The number of amides is 1. The van der Waals surface area contributed by atoms with Crippen molar-refractivity contribution in [1.82, 2.24) is 4.90 Å². The van der Waals surface area contributed by atoms with E-state index in [1.807, 2.05) is 11.0 Å². The van der Waals surface area contributed by atoms with Crippen LogP contribution in [-0.2, 0) is 11.2 Å². The lowest BCUT2D eigenvalue weighted by molar-refractivity contribution is -0.137. The number of rotatable bonds is 2. The lowest BCUT2D eigenvalue weighted by atomic mass is 9.86. The molecule has 0 saturated heterocycles. The van der Waals surface area contributed by atoms with Gasteiger partial charge < -0.3 is 14.7 Å². The largest absolute Gasteiger partial charge is 0.497 e. The first kappa shape index (κ1) is 16.3. The zero-order valence-corrected chi connectivity index (χ0v) is 14.1. The average Bonchev–Trinajstić information content (AvgIpc) is 2.74. The smallest absolute Gasteiger partial charge is 0.225 e. The van der Waals surface area contributed by atoms with Crippen molar-refractivity contribution >= 4 is 5.91 Å². The monoisotopic (exact) mass is 317 g/mol. The third kappa shape index (κ3) is 3.52. The van der Waals surface area contributed by atoms with E-state index in [9.17, 15) is 9.90 Å². The van der Waals surface area contributed by atoms with Gasteiger partial charge in [-0.3, -0.25) is 4.79 Å². The molecule has 1 N–H and O–H groups in total. The molecule has 1 unspecified atom stereocenters. The SMILES string of the molecule is COc1ccc2c(c1)C(C)CN(C(=O)C1CCC(O)CC1)CC2. The van der Waals surface area contributed by atoms with E-state index in [-0.39, 0.29) is 17.9 Å². The molecule has 1 atom stereocenters. The lowest BCUT2D eigenvalue weighted by Crippen LogP contribution is -2.40. The number of carbonyl (C=O) groups excluding carboxylic acids is 1. The van der Waals surface area contributed by atoms with Crippen molar-refractivity contribution in [3.8, 4) is 5.75 Å². The number of carbonyl (C=O) groups is 1. The fourth-order valence-electron chi connectivity index (χ4n) is 3.94. The van der Waals surface area contributed by atoms with Crippen LogP contribution >= 0.6 is 0 Å². The van der Waals surface area contributed by atoms with Crippen LogP contribution in [0.15, 0.2) is 18.2 Å². The second-order valence-corrected chi connectivity index (χ2v) is 7.01. The first-order valence-electron chi connectivity index (χ1n) is 8.72. The molecule has 1 aromatic rings. The summed E-state index contributed by atoms with van der Waals surface area (Å²) < 4.78 is 5.34. The van der Waals surface area contributed by atoms with Crippen LogP contribution in [0.4, 0.5) is 0 Å². The molecule has 0 radical (unpaired) electrons. The highest BCUT2D eigenvalue weighted by atomic mass is 16.5. The maximum absolute atomic E-state index is 12.9. The maximum atomic E-state index is 12.9. The van der Waals surface area contributed by atoms with E-state index in [2.05, 4.69) is 19.1 Å². The van der Waals surface area contributed by atoms with Crippen molar-refractivity contribution in [3.63, 3.8) is 0 Å². The molecule has 4 nitrogen and oxygen atoms in total. The van der Waals surface area contributed by atoms with Crippen LogP contribution < -0.4 is 4.74 Å². The first-order chi connectivity index (χ1) is 11.1. The molecule has 1 aliphatic carbocycles. The fourth-order valence-corrected chi connectivity index (χ4v) is 3.94. The Morgan fingerprint density at radius 1 is 1.26 bits per heavy atom. The van der Waals surface area contributed by atoms with Crippen LogP contribution in [0.3, 0.4) is 0 Å². The second kappa shape index (κ2) is 6.91. The van der Waals surface area contributed by atoms with E-state index >= 15 is 0 Å². The Hall–Kier alpha value is -1.55. The number of ether oxygens (including phenoxy) is 1. The van der Waals surface area contributed by atoms with Crippen molar-refractivity contribution in [2.45, 2.75) is 51.0 Å². The standard InChI is InChI=1S/C19H27NO3/c1-13-12-20(19(22)15-3-6-16(21)7-4-15)10-9-14-5-8-17(23-2)11-18(13)14/h5,8,11,13,15-16,21H,3-4,6-7,9-10,12H2,1-2H3. The highest BCUT2D eigenvalue weighted by Gasteiger charge is 2.31. The van der Waals surface area contributed by atoms with Gasteiger partial charge in [0.15, 0.2) is 0 Å². The normalized spacial score (nSPS) is 28.0. The third-order valence-corrected chi connectivity index (χ3v) is 5.39. The van der Waals surface area contributed by atoms with Crippen molar-refractivity contribution in [2.24, 2.45) is 5.92 Å². The molecule has 0 bridgehead atoms. The number of hydrogen-bond donors (Lipinski definition) is 1. The number of benzene rings is 1. The Balaban J connectivity index is 1.71. The number of methoxy groups -OCH3 is 1. The van der Waals surface area contributed by atoms with Gasteiger partial charge in [-0.1, -0.05) is 13.0 Å². The number of aliphatic hydroxyl groups excluding tert-OH is 1. The Morgan fingerprint density at radius 3 is 2.70 bits per heavy atom. The van der Waals surface area contributed by atoms with Crippen LogP contribution in [0.1, 0.15) is 49.7 Å². The molecule has 1 amide bonds. The Morgan fingerprint density at radius 2 is 2.00 bits per heavy atom. The molecular weight excluding hydrogens is 290 g/mol. The third-order valence-electron chi connectivity index (χ3n) is 5.39. The fraction of sp³-hybridized carbons (Fsp3) is 0.632. The predicted octanol–water partition coefficient (Wildman–Crippen LogP) is 2.73. The molecule has 1 fully saturated rings. The van der Waals surface area contributed by atoms with Gasteiger partial charge in [0, 0.05) is 19.0 Å². The molecule has 0 spiro atoms. The summed E-state index contributed by atoms with van der Waals surface area (Å²) in [6.07, 6.45) is 3.87. The molecular formula is C19H27NO3. The maximum Gasteiger partial charge on any atom is 0.225 e. The van der Waals surface area contributed by atoms with Crippen LogP contribution in [0.5, 0.6) is 5.75 Å². The minimum Gasteiger partial charge on any atom is -0.497 e. The molecule has 1 heterocycles. The molecule has 2 aliphatic rings. The van der Waals surface area contributed by atoms with Gasteiger partial charge in [-0.25, -0.2) is 0 Å². The topological polar surface area (TPSA) is 49.8 Å². The number of fused-ring (bicyclic) bond motifs is 1. The second-order valence-electron chi connectivity index (χ2n) is 7.01. The van der Waals surface area contributed by atoms with E-state index in [4.69, 9.17) is 4.74 Å². The number of nitrogens with zero attached hydrogens (tertiary/aromatic N) is 1. The zero-order chi connectivity index (χ0) is 16.4. The van der Waals surface area contributed by atoms with E-state index in [1.54, 1.807) is 7.11 Å². The van der Waals surface area contributed by atoms with E-state index in [1.165, 1.54) is 11.1 Å². The van der Waals surface area contributed by atoms with Crippen molar-refractivity contribution in [3.05, 3.63) is 29.3 Å². The number of hydrogen-bond acceptors (Lipinski definition) is 3. The molecule has 3 rings (SSSR count). The molecule has 126 valence electrons. The predicted molar refractivity (Wildman–Crippen MR) is 89.7 cm³/mol. The van der Waals surface area contributed by atoms with Gasteiger partial charge in [0.2, 0.25) is 5.91 Å². The summed E-state index contributed by atoms with van der Waals surface area (Å²) in [5.41, 5.74) is 2.63. The van der Waals surface area contributed by atoms with Gasteiger partial charge in [-0.05, 0) is 61.3 Å². The quantitative estimate of drug-likeness (QED) is 0.912. The van der Waals surface area contributed by atoms with Gasteiger partial charge in [-0.2, -0.15) is 0 Å². The highest BCUT2D eigenvalue weighted by molar-refractivity contribution is 5.79. The summed E-state index contributed by atoms with van der Waals surface area (Å²) in [5, 5.41) is 9.64. The van der Waals surface area contributed by atoms with E-state index < -0.39 is 0 Å². The van der Waals surface area contributed by atoms with Gasteiger partial charge in [-0.15, -0.1) is 0 Å². The molecule has 1 aromatic carbocycles.